The normalized spacial score (nSPS) is 10.3. The van der Waals surface area contributed by atoms with Crippen molar-refractivity contribution >= 4 is 21.8 Å². The zero-order valence-electron chi connectivity index (χ0n) is 11.1. The fourth-order valence-corrected chi connectivity index (χ4v) is 2.05. The third kappa shape index (κ3) is 3.88. The molecule has 1 amide bonds. The Balaban J connectivity index is 2.01. The van der Waals surface area contributed by atoms with Crippen molar-refractivity contribution < 1.29 is 9.53 Å². The third-order valence-electron chi connectivity index (χ3n) is 2.85. The molecule has 0 unspecified atom stereocenters. The van der Waals surface area contributed by atoms with Gasteiger partial charge in [-0.15, -0.1) is 0 Å². The van der Waals surface area contributed by atoms with E-state index in [0.717, 1.165) is 11.1 Å². The average molecular weight is 335 g/mol. The Labute approximate surface area is 126 Å². The zero-order valence-corrected chi connectivity index (χ0v) is 12.7. The van der Waals surface area contributed by atoms with Crippen molar-refractivity contribution in [1.29, 1.82) is 0 Å². The summed E-state index contributed by atoms with van der Waals surface area (Å²) < 4.78 is 5.85. The van der Waals surface area contributed by atoms with Crippen LogP contribution in [0.2, 0.25) is 0 Å². The summed E-state index contributed by atoms with van der Waals surface area (Å²) in [4.78, 5) is 16.0. The van der Waals surface area contributed by atoms with Crippen molar-refractivity contribution in [3.05, 3.63) is 63.9 Å². The maximum Gasteiger partial charge on any atom is 0.253 e. The second kappa shape index (κ2) is 7.17. The molecule has 0 aliphatic heterocycles. The molecule has 104 valence electrons. The second-order valence-electron chi connectivity index (χ2n) is 4.25. The summed E-state index contributed by atoms with van der Waals surface area (Å²) in [6.07, 6.45) is 1.54. The minimum atomic E-state index is -0.141. The largest absolute Gasteiger partial charge is 0.380 e. The minimum absolute atomic E-state index is 0.141. The molecule has 1 N–H and O–H groups in total. The number of benzene rings is 1. The first kappa shape index (κ1) is 14.7. The monoisotopic (exact) mass is 334 g/mol. The summed E-state index contributed by atoms with van der Waals surface area (Å²) in [6.45, 7) is 1.00. The van der Waals surface area contributed by atoms with Crippen molar-refractivity contribution in [3.8, 4) is 0 Å². The Morgan fingerprint density at radius 3 is 2.65 bits per heavy atom. The van der Waals surface area contributed by atoms with Crippen molar-refractivity contribution in [2.45, 2.75) is 13.2 Å². The highest BCUT2D eigenvalue weighted by Crippen LogP contribution is 2.10. The summed E-state index contributed by atoms with van der Waals surface area (Å²) in [5.74, 6) is -0.141. The van der Waals surface area contributed by atoms with Gasteiger partial charge in [0.1, 0.15) is 4.60 Å². The van der Waals surface area contributed by atoms with E-state index in [1.54, 1.807) is 25.4 Å². The van der Waals surface area contributed by atoms with E-state index in [0.29, 0.717) is 23.3 Å². The average Bonchev–Trinajstić information content (AvgIpc) is 2.47. The number of hydrogen-bond donors (Lipinski definition) is 1. The summed E-state index contributed by atoms with van der Waals surface area (Å²) in [5, 5.41) is 2.88. The van der Waals surface area contributed by atoms with E-state index >= 15 is 0 Å². The summed E-state index contributed by atoms with van der Waals surface area (Å²) in [6, 6.07) is 11.3. The molecule has 1 aromatic carbocycles. The third-order valence-corrected chi connectivity index (χ3v) is 3.32. The second-order valence-corrected chi connectivity index (χ2v) is 5.07. The quantitative estimate of drug-likeness (QED) is 0.855. The Morgan fingerprint density at radius 2 is 2.00 bits per heavy atom. The minimum Gasteiger partial charge on any atom is -0.380 e. The number of hydrogen-bond acceptors (Lipinski definition) is 3. The number of rotatable bonds is 5. The van der Waals surface area contributed by atoms with Gasteiger partial charge in [-0.3, -0.25) is 4.79 Å². The first-order chi connectivity index (χ1) is 9.70. The smallest absolute Gasteiger partial charge is 0.253 e. The first-order valence-electron chi connectivity index (χ1n) is 6.16. The maximum absolute atomic E-state index is 12.0. The number of carbonyl (C=O) groups is 1. The fraction of sp³-hybridized carbons (Fsp3) is 0.200. The topological polar surface area (TPSA) is 51.2 Å². The van der Waals surface area contributed by atoms with E-state index in [1.165, 1.54) is 0 Å². The molecule has 20 heavy (non-hydrogen) atoms. The van der Waals surface area contributed by atoms with Crippen LogP contribution >= 0.6 is 15.9 Å². The lowest BCUT2D eigenvalue weighted by molar-refractivity contribution is 0.0950. The van der Waals surface area contributed by atoms with Crippen LogP contribution in [0.4, 0.5) is 0 Å². The van der Waals surface area contributed by atoms with Gasteiger partial charge in [-0.2, -0.15) is 0 Å². The van der Waals surface area contributed by atoms with E-state index in [2.05, 4.69) is 26.2 Å². The van der Waals surface area contributed by atoms with E-state index in [9.17, 15) is 4.79 Å². The number of methoxy groups -OCH3 is 1. The number of carbonyl (C=O) groups excluding carboxylic acids is 1. The lowest BCUT2D eigenvalue weighted by Gasteiger charge is -2.10. The lowest BCUT2D eigenvalue weighted by Crippen LogP contribution is -2.23. The number of ether oxygens (including phenoxy) is 1. The zero-order chi connectivity index (χ0) is 14.4. The Hall–Kier alpha value is -1.72. The van der Waals surface area contributed by atoms with Crippen LogP contribution < -0.4 is 5.32 Å². The van der Waals surface area contributed by atoms with Gasteiger partial charge in [0.25, 0.3) is 5.91 Å². The van der Waals surface area contributed by atoms with Crippen LogP contribution in [-0.4, -0.2) is 18.0 Å². The molecule has 0 fully saturated rings. The Kier molecular flexibility index (Phi) is 5.26. The molecular weight excluding hydrogens is 320 g/mol. The number of nitrogens with zero attached hydrogens (tertiary/aromatic N) is 1. The first-order valence-corrected chi connectivity index (χ1v) is 6.95. The standard InChI is InChI=1S/C15H15BrN2O2/c1-20-10-13-5-3-2-4-11(13)8-18-15(19)12-6-7-14(16)17-9-12/h2-7,9H,8,10H2,1H3,(H,18,19). The molecule has 0 aliphatic carbocycles. The molecular formula is C15H15BrN2O2. The van der Waals surface area contributed by atoms with E-state index in [-0.39, 0.29) is 5.91 Å². The number of nitrogens with one attached hydrogen (secondary N) is 1. The van der Waals surface area contributed by atoms with Crippen LogP contribution in [0.5, 0.6) is 0 Å². The van der Waals surface area contributed by atoms with E-state index < -0.39 is 0 Å². The lowest BCUT2D eigenvalue weighted by atomic mass is 10.1. The molecule has 2 rings (SSSR count). The van der Waals surface area contributed by atoms with Gasteiger partial charge in [-0.1, -0.05) is 24.3 Å². The van der Waals surface area contributed by atoms with Crippen LogP contribution in [0, 0.1) is 0 Å². The number of halogens is 1. The highest BCUT2D eigenvalue weighted by molar-refractivity contribution is 9.10. The van der Waals surface area contributed by atoms with Crippen LogP contribution in [0.25, 0.3) is 0 Å². The highest BCUT2D eigenvalue weighted by atomic mass is 79.9. The van der Waals surface area contributed by atoms with Crippen LogP contribution in [0.1, 0.15) is 21.5 Å². The predicted molar refractivity (Wildman–Crippen MR) is 80.3 cm³/mol. The molecule has 0 saturated carbocycles. The number of pyridine rings is 1. The molecule has 0 saturated heterocycles. The fourth-order valence-electron chi connectivity index (χ4n) is 1.81. The van der Waals surface area contributed by atoms with Crippen LogP contribution in [0.15, 0.2) is 47.2 Å². The van der Waals surface area contributed by atoms with Crippen molar-refractivity contribution in [3.63, 3.8) is 0 Å². The molecule has 0 aliphatic rings. The maximum atomic E-state index is 12.0. The molecule has 0 spiro atoms. The summed E-state index contributed by atoms with van der Waals surface area (Å²) >= 11 is 3.24. The van der Waals surface area contributed by atoms with Gasteiger partial charge in [0, 0.05) is 19.9 Å². The van der Waals surface area contributed by atoms with Crippen molar-refractivity contribution in [2.75, 3.05) is 7.11 Å². The van der Waals surface area contributed by atoms with Gasteiger partial charge in [0.05, 0.1) is 12.2 Å². The summed E-state index contributed by atoms with van der Waals surface area (Å²) in [7, 11) is 1.66. The van der Waals surface area contributed by atoms with Crippen molar-refractivity contribution in [2.24, 2.45) is 0 Å². The van der Waals surface area contributed by atoms with Crippen LogP contribution in [-0.2, 0) is 17.9 Å². The predicted octanol–water partition coefficient (Wildman–Crippen LogP) is 2.92. The molecule has 1 aromatic heterocycles. The Morgan fingerprint density at radius 1 is 1.25 bits per heavy atom. The van der Waals surface area contributed by atoms with Gasteiger partial charge in [0.2, 0.25) is 0 Å². The van der Waals surface area contributed by atoms with Gasteiger partial charge in [-0.25, -0.2) is 4.98 Å². The molecule has 1 heterocycles. The van der Waals surface area contributed by atoms with Gasteiger partial charge < -0.3 is 10.1 Å². The summed E-state index contributed by atoms with van der Waals surface area (Å²) in [5.41, 5.74) is 2.66. The highest BCUT2D eigenvalue weighted by Gasteiger charge is 2.07. The van der Waals surface area contributed by atoms with Gasteiger partial charge >= 0.3 is 0 Å². The molecule has 0 radical (unpaired) electrons. The SMILES string of the molecule is COCc1ccccc1CNC(=O)c1ccc(Br)nc1. The molecule has 0 bridgehead atoms. The van der Waals surface area contributed by atoms with Crippen molar-refractivity contribution in [1.82, 2.24) is 10.3 Å². The molecule has 2 aromatic rings. The van der Waals surface area contributed by atoms with E-state index in [1.807, 2.05) is 24.3 Å². The molecule has 4 nitrogen and oxygen atoms in total. The Bertz CT molecular complexity index is 585. The molecule has 0 atom stereocenters. The van der Waals surface area contributed by atoms with Gasteiger partial charge in [-0.05, 0) is 39.2 Å². The molecule has 5 heteroatoms. The van der Waals surface area contributed by atoms with Gasteiger partial charge in [0.15, 0.2) is 0 Å². The number of amides is 1. The van der Waals surface area contributed by atoms with E-state index in [4.69, 9.17) is 4.74 Å². The van der Waals surface area contributed by atoms with Crippen LogP contribution in [0.3, 0.4) is 0 Å². The number of aromatic nitrogens is 1.